The summed E-state index contributed by atoms with van der Waals surface area (Å²) in [5, 5.41) is 23.4. The van der Waals surface area contributed by atoms with Gasteiger partial charge in [0.05, 0.1) is 22.6 Å². The number of non-ortho nitro benzene ring substituents is 1. The molecular weight excluding hydrogens is 386 g/mol. The molecule has 0 saturated carbocycles. The number of carbonyl (C=O) groups is 1. The summed E-state index contributed by atoms with van der Waals surface area (Å²) in [6.45, 7) is 2.40. The predicted octanol–water partition coefficient (Wildman–Crippen LogP) is 2.65. The minimum atomic E-state index is -0.528. The molecule has 30 heavy (non-hydrogen) atoms. The summed E-state index contributed by atoms with van der Waals surface area (Å²) >= 11 is 0. The van der Waals surface area contributed by atoms with E-state index in [1.54, 1.807) is 0 Å². The number of nitro groups is 1. The van der Waals surface area contributed by atoms with E-state index < -0.39 is 10.8 Å². The van der Waals surface area contributed by atoms with Crippen molar-refractivity contribution in [2.45, 2.75) is 25.4 Å². The van der Waals surface area contributed by atoms with Crippen LogP contribution in [0.5, 0.6) is 0 Å². The molecule has 0 spiro atoms. The number of aliphatic hydroxyl groups is 1. The molecule has 1 aliphatic heterocycles. The number of hydrogen-bond acceptors (Lipinski definition) is 6. The number of para-hydroxylation sites is 2. The van der Waals surface area contributed by atoms with Gasteiger partial charge in [0, 0.05) is 36.8 Å². The van der Waals surface area contributed by atoms with Crippen LogP contribution >= 0.6 is 0 Å². The highest BCUT2D eigenvalue weighted by Gasteiger charge is 2.24. The fourth-order valence-corrected chi connectivity index (χ4v) is 3.96. The molecule has 0 bridgehead atoms. The van der Waals surface area contributed by atoms with Crippen molar-refractivity contribution in [1.29, 1.82) is 0 Å². The van der Waals surface area contributed by atoms with Crippen LogP contribution in [0.1, 0.15) is 23.2 Å². The quantitative estimate of drug-likeness (QED) is 0.458. The number of rotatable bonds is 7. The molecule has 1 fully saturated rings. The molecule has 1 atom stereocenters. The molecule has 1 aromatic heterocycles. The Bertz CT molecular complexity index is 1080. The minimum Gasteiger partial charge on any atom is -0.395 e. The summed E-state index contributed by atoms with van der Waals surface area (Å²) in [7, 11) is 0. The van der Waals surface area contributed by atoms with Crippen molar-refractivity contribution in [3.05, 3.63) is 64.2 Å². The fraction of sp³-hybridized carbons (Fsp3) is 0.333. The van der Waals surface area contributed by atoms with Crippen LogP contribution in [0.4, 0.5) is 11.6 Å². The number of anilines is 1. The Kier molecular flexibility index (Phi) is 5.73. The number of hydrogen-bond donors (Lipinski definition) is 2. The lowest BCUT2D eigenvalue weighted by Gasteiger charge is -2.23. The van der Waals surface area contributed by atoms with Gasteiger partial charge in [0.25, 0.3) is 11.6 Å². The normalized spacial score (nSPS) is 16.8. The first-order valence-electron chi connectivity index (χ1n) is 9.93. The van der Waals surface area contributed by atoms with Gasteiger partial charge in [-0.25, -0.2) is 4.98 Å². The summed E-state index contributed by atoms with van der Waals surface area (Å²) in [6, 6.07) is 13.4. The molecule has 156 valence electrons. The summed E-state index contributed by atoms with van der Waals surface area (Å²) in [5.74, 6) is -0.0582. The molecule has 2 heterocycles. The molecule has 2 aromatic carbocycles. The van der Waals surface area contributed by atoms with Crippen molar-refractivity contribution in [2.75, 3.05) is 25.0 Å². The number of fused-ring (bicyclic) bond motifs is 1. The number of aromatic nitrogens is 2. The van der Waals surface area contributed by atoms with E-state index in [0.29, 0.717) is 12.5 Å². The van der Waals surface area contributed by atoms with E-state index in [1.807, 2.05) is 28.8 Å². The number of nitro benzene ring substituents is 1. The van der Waals surface area contributed by atoms with E-state index >= 15 is 0 Å². The van der Waals surface area contributed by atoms with E-state index in [4.69, 9.17) is 0 Å². The number of amides is 1. The second-order valence-electron chi connectivity index (χ2n) is 7.35. The van der Waals surface area contributed by atoms with Crippen molar-refractivity contribution >= 4 is 28.6 Å². The van der Waals surface area contributed by atoms with Gasteiger partial charge in [0.15, 0.2) is 0 Å². The molecule has 1 aliphatic rings. The van der Waals surface area contributed by atoms with Crippen LogP contribution in [0, 0.1) is 10.1 Å². The fourth-order valence-electron chi connectivity index (χ4n) is 3.96. The maximum absolute atomic E-state index is 12.7. The third-order valence-electron chi connectivity index (χ3n) is 5.52. The molecule has 2 N–H and O–H groups in total. The average molecular weight is 409 g/mol. The third-order valence-corrected chi connectivity index (χ3v) is 5.52. The Hall–Kier alpha value is -3.30. The Morgan fingerprint density at radius 3 is 2.87 bits per heavy atom. The monoisotopic (exact) mass is 409 g/mol. The maximum atomic E-state index is 12.7. The van der Waals surface area contributed by atoms with E-state index in [0.717, 1.165) is 37.0 Å². The number of likely N-dealkylation sites (tertiary alicyclic amines) is 1. The number of imidazole rings is 1. The van der Waals surface area contributed by atoms with Crippen LogP contribution in [0.15, 0.2) is 48.5 Å². The second-order valence-corrected chi connectivity index (χ2v) is 7.35. The van der Waals surface area contributed by atoms with Gasteiger partial charge in [-0.1, -0.05) is 18.2 Å². The third kappa shape index (κ3) is 4.03. The van der Waals surface area contributed by atoms with Gasteiger partial charge >= 0.3 is 0 Å². The minimum absolute atomic E-state index is 0.139. The SMILES string of the molecule is O=C(Nc1nc2ccccc2n1CCN1CCCC1CO)c1cccc([N+](=O)[O-])c1. The van der Waals surface area contributed by atoms with E-state index in [1.165, 1.54) is 24.3 Å². The summed E-state index contributed by atoms with van der Waals surface area (Å²) in [4.78, 5) is 30.0. The van der Waals surface area contributed by atoms with Gasteiger partial charge < -0.3 is 9.67 Å². The van der Waals surface area contributed by atoms with Crippen molar-refractivity contribution in [1.82, 2.24) is 14.5 Å². The van der Waals surface area contributed by atoms with E-state index in [9.17, 15) is 20.0 Å². The molecule has 4 rings (SSSR count). The molecule has 1 saturated heterocycles. The van der Waals surface area contributed by atoms with Crippen LogP contribution in [0.2, 0.25) is 0 Å². The molecule has 0 radical (unpaired) electrons. The summed E-state index contributed by atoms with van der Waals surface area (Å²) in [5.41, 5.74) is 1.71. The Morgan fingerprint density at radius 2 is 2.07 bits per heavy atom. The predicted molar refractivity (Wildman–Crippen MR) is 112 cm³/mol. The van der Waals surface area contributed by atoms with Gasteiger partial charge in [-0.3, -0.25) is 25.1 Å². The standard InChI is InChI=1S/C21H23N5O4/c27-14-17-7-4-10-24(17)11-12-25-19-9-2-1-8-18(19)22-21(25)23-20(28)15-5-3-6-16(13-15)26(29)30/h1-3,5-6,8-9,13,17,27H,4,7,10-12,14H2,(H,22,23,28). The van der Waals surface area contributed by atoms with Crippen LogP contribution in [-0.2, 0) is 6.54 Å². The highest BCUT2D eigenvalue weighted by atomic mass is 16.6. The number of benzene rings is 2. The van der Waals surface area contributed by atoms with Gasteiger partial charge in [-0.2, -0.15) is 0 Å². The topological polar surface area (TPSA) is 114 Å². The zero-order valence-electron chi connectivity index (χ0n) is 16.4. The number of carbonyl (C=O) groups excluding carboxylic acids is 1. The van der Waals surface area contributed by atoms with Crippen LogP contribution < -0.4 is 5.32 Å². The zero-order valence-corrected chi connectivity index (χ0v) is 16.4. The van der Waals surface area contributed by atoms with E-state index in [-0.39, 0.29) is 23.9 Å². The first-order chi connectivity index (χ1) is 14.6. The summed E-state index contributed by atoms with van der Waals surface area (Å²) < 4.78 is 1.94. The number of aliphatic hydroxyl groups excluding tert-OH is 1. The van der Waals surface area contributed by atoms with Crippen LogP contribution in [0.25, 0.3) is 11.0 Å². The lowest BCUT2D eigenvalue weighted by molar-refractivity contribution is -0.384. The highest BCUT2D eigenvalue weighted by Crippen LogP contribution is 2.23. The van der Waals surface area contributed by atoms with Crippen molar-refractivity contribution in [3.63, 3.8) is 0 Å². The smallest absolute Gasteiger partial charge is 0.270 e. The molecule has 0 aliphatic carbocycles. The van der Waals surface area contributed by atoms with Gasteiger partial charge in [-0.05, 0) is 37.6 Å². The van der Waals surface area contributed by atoms with Crippen molar-refractivity contribution in [3.8, 4) is 0 Å². The Morgan fingerprint density at radius 1 is 1.23 bits per heavy atom. The molecule has 9 nitrogen and oxygen atoms in total. The molecule has 1 amide bonds. The lowest BCUT2D eigenvalue weighted by Crippen LogP contribution is -2.35. The summed E-state index contributed by atoms with van der Waals surface area (Å²) in [6.07, 6.45) is 2.05. The Labute approximate surface area is 173 Å². The Balaban J connectivity index is 1.59. The second kappa shape index (κ2) is 8.60. The van der Waals surface area contributed by atoms with Gasteiger partial charge in [0.1, 0.15) is 0 Å². The van der Waals surface area contributed by atoms with Gasteiger partial charge in [-0.15, -0.1) is 0 Å². The van der Waals surface area contributed by atoms with Gasteiger partial charge in [0.2, 0.25) is 5.95 Å². The number of nitrogens with one attached hydrogen (secondary N) is 1. The van der Waals surface area contributed by atoms with Crippen LogP contribution in [-0.4, -0.2) is 56.1 Å². The zero-order chi connectivity index (χ0) is 21.1. The molecule has 9 heteroatoms. The molecular formula is C21H23N5O4. The highest BCUT2D eigenvalue weighted by molar-refractivity contribution is 6.04. The molecule has 3 aromatic rings. The molecule has 1 unspecified atom stereocenters. The maximum Gasteiger partial charge on any atom is 0.270 e. The number of nitrogens with zero attached hydrogens (tertiary/aromatic N) is 4. The van der Waals surface area contributed by atoms with Crippen LogP contribution in [0.3, 0.4) is 0 Å². The van der Waals surface area contributed by atoms with Crippen molar-refractivity contribution in [2.24, 2.45) is 0 Å². The first-order valence-corrected chi connectivity index (χ1v) is 9.93. The lowest BCUT2D eigenvalue weighted by atomic mass is 10.2. The largest absolute Gasteiger partial charge is 0.395 e. The first kappa shape index (κ1) is 20.0. The van der Waals surface area contributed by atoms with E-state index in [2.05, 4.69) is 15.2 Å². The average Bonchev–Trinajstić information content (AvgIpc) is 3.35. The van der Waals surface area contributed by atoms with Crippen molar-refractivity contribution < 1.29 is 14.8 Å².